The highest BCUT2D eigenvalue weighted by Gasteiger charge is 2.20. The van der Waals surface area contributed by atoms with Gasteiger partial charge in [0, 0.05) is 12.1 Å². The van der Waals surface area contributed by atoms with Crippen molar-refractivity contribution < 1.29 is 4.79 Å². The minimum absolute atomic E-state index is 0.0678. The van der Waals surface area contributed by atoms with E-state index >= 15 is 0 Å². The van der Waals surface area contributed by atoms with Gasteiger partial charge in [0.15, 0.2) is 0 Å². The summed E-state index contributed by atoms with van der Waals surface area (Å²) in [5.41, 5.74) is 6.81. The first kappa shape index (κ1) is 14.7. The lowest BCUT2D eigenvalue weighted by atomic mass is 9.95. The molecule has 1 amide bonds. The maximum atomic E-state index is 12.2. The molecule has 0 aliphatic heterocycles. The summed E-state index contributed by atoms with van der Waals surface area (Å²) in [7, 11) is 0. The molecule has 1 aromatic carbocycles. The Hall–Kier alpha value is -1.35. The third kappa shape index (κ3) is 4.49. The Bertz CT molecular complexity index is 362. The molecule has 0 radical (unpaired) electrons. The highest BCUT2D eigenvalue weighted by Crippen LogP contribution is 2.19. The Labute approximate surface area is 110 Å². The predicted molar refractivity (Wildman–Crippen MR) is 75.3 cm³/mol. The van der Waals surface area contributed by atoms with Crippen LogP contribution in [-0.2, 0) is 4.79 Å². The molecule has 1 rings (SSSR count). The fourth-order valence-corrected chi connectivity index (χ4v) is 2.22. The Kier molecular flexibility index (Phi) is 5.86. The Morgan fingerprint density at radius 2 is 1.89 bits per heavy atom. The molecule has 0 heterocycles. The fraction of sp³-hybridized carbons (Fsp3) is 0.533. The van der Waals surface area contributed by atoms with Crippen molar-refractivity contribution in [2.75, 3.05) is 0 Å². The van der Waals surface area contributed by atoms with Crippen LogP contribution in [0.5, 0.6) is 0 Å². The van der Waals surface area contributed by atoms with E-state index in [4.69, 9.17) is 5.73 Å². The average Bonchev–Trinajstić information content (AvgIpc) is 2.29. The SMILES string of the molecule is CCC(C(=O)NC(C)CC(C)N)c1ccccc1. The van der Waals surface area contributed by atoms with Gasteiger partial charge in [-0.15, -0.1) is 0 Å². The quantitative estimate of drug-likeness (QED) is 0.812. The van der Waals surface area contributed by atoms with Gasteiger partial charge in [0.2, 0.25) is 5.91 Å². The molecule has 0 fully saturated rings. The molecule has 3 nitrogen and oxygen atoms in total. The van der Waals surface area contributed by atoms with Gasteiger partial charge in [0.25, 0.3) is 0 Å². The summed E-state index contributed by atoms with van der Waals surface area (Å²) in [5.74, 6) is 0.0265. The number of nitrogens with two attached hydrogens (primary N) is 1. The topological polar surface area (TPSA) is 55.1 Å². The summed E-state index contributed by atoms with van der Waals surface area (Å²) in [5, 5.41) is 3.04. The third-order valence-corrected chi connectivity index (χ3v) is 3.04. The second-order valence-electron chi connectivity index (χ2n) is 4.99. The van der Waals surface area contributed by atoms with E-state index in [1.165, 1.54) is 0 Å². The lowest BCUT2D eigenvalue weighted by Crippen LogP contribution is -2.39. The monoisotopic (exact) mass is 248 g/mol. The van der Waals surface area contributed by atoms with Gasteiger partial charge in [-0.25, -0.2) is 0 Å². The second-order valence-corrected chi connectivity index (χ2v) is 4.99. The van der Waals surface area contributed by atoms with Crippen molar-refractivity contribution in [1.82, 2.24) is 5.32 Å². The van der Waals surface area contributed by atoms with Gasteiger partial charge in [-0.1, -0.05) is 37.3 Å². The summed E-state index contributed by atoms with van der Waals surface area (Å²) >= 11 is 0. The summed E-state index contributed by atoms with van der Waals surface area (Å²) in [6, 6.07) is 10.1. The Balaban J connectivity index is 2.63. The zero-order valence-corrected chi connectivity index (χ0v) is 11.5. The Morgan fingerprint density at radius 1 is 1.28 bits per heavy atom. The first-order valence-corrected chi connectivity index (χ1v) is 6.65. The largest absolute Gasteiger partial charge is 0.353 e. The molecule has 100 valence electrons. The summed E-state index contributed by atoms with van der Waals surface area (Å²) in [4.78, 5) is 12.2. The predicted octanol–water partition coefficient (Wildman–Crippen LogP) is 2.42. The molecule has 1 aromatic rings. The maximum absolute atomic E-state index is 12.2. The summed E-state index contributed by atoms with van der Waals surface area (Å²) in [6.45, 7) is 5.99. The van der Waals surface area contributed by atoms with E-state index in [1.807, 2.05) is 51.1 Å². The van der Waals surface area contributed by atoms with Crippen molar-refractivity contribution >= 4 is 5.91 Å². The van der Waals surface area contributed by atoms with Crippen molar-refractivity contribution in [2.24, 2.45) is 5.73 Å². The van der Waals surface area contributed by atoms with Crippen LogP contribution in [0.3, 0.4) is 0 Å². The molecule has 0 aliphatic carbocycles. The van der Waals surface area contributed by atoms with Gasteiger partial charge >= 0.3 is 0 Å². The van der Waals surface area contributed by atoms with E-state index in [9.17, 15) is 4.79 Å². The van der Waals surface area contributed by atoms with Crippen LogP contribution in [0.2, 0.25) is 0 Å². The first-order valence-electron chi connectivity index (χ1n) is 6.65. The molecule has 18 heavy (non-hydrogen) atoms. The van der Waals surface area contributed by atoms with Crippen molar-refractivity contribution in [3.63, 3.8) is 0 Å². The average molecular weight is 248 g/mol. The van der Waals surface area contributed by atoms with Gasteiger partial charge in [0.1, 0.15) is 0 Å². The maximum Gasteiger partial charge on any atom is 0.227 e. The van der Waals surface area contributed by atoms with Crippen molar-refractivity contribution in [3.8, 4) is 0 Å². The third-order valence-electron chi connectivity index (χ3n) is 3.04. The minimum Gasteiger partial charge on any atom is -0.353 e. The van der Waals surface area contributed by atoms with Crippen LogP contribution >= 0.6 is 0 Å². The fourth-order valence-electron chi connectivity index (χ4n) is 2.22. The number of hydrogen-bond donors (Lipinski definition) is 2. The highest BCUT2D eigenvalue weighted by atomic mass is 16.1. The van der Waals surface area contributed by atoms with Crippen LogP contribution in [0.25, 0.3) is 0 Å². The molecular formula is C15H24N2O. The van der Waals surface area contributed by atoms with Crippen molar-refractivity contribution in [3.05, 3.63) is 35.9 Å². The van der Waals surface area contributed by atoms with E-state index in [1.54, 1.807) is 0 Å². The van der Waals surface area contributed by atoms with Gasteiger partial charge < -0.3 is 11.1 Å². The van der Waals surface area contributed by atoms with Gasteiger partial charge in [0.05, 0.1) is 5.92 Å². The molecule has 0 bridgehead atoms. The van der Waals surface area contributed by atoms with E-state index in [0.717, 1.165) is 18.4 Å². The van der Waals surface area contributed by atoms with Crippen LogP contribution in [0, 0.1) is 0 Å². The molecular weight excluding hydrogens is 224 g/mol. The van der Waals surface area contributed by atoms with Crippen molar-refractivity contribution in [1.29, 1.82) is 0 Å². The van der Waals surface area contributed by atoms with Gasteiger partial charge in [-0.05, 0) is 32.3 Å². The molecule has 0 saturated heterocycles. The zero-order chi connectivity index (χ0) is 13.5. The summed E-state index contributed by atoms with van der Waals surface area (Å²) < 4.78 is 0. The van der Waals surface area contributed by atoms with Crippen LogP contribution in [0.1, 0.15) is 45.1 Å². The smallest absolute Gasteiger partial charge is 0.227 e. The number of rotatable bonds is 6. The molecule has 3 atom stereocenters. The van der Waals surface area contributed by atoms with Crippen LogP contribution in [0.15, 0.2) is 30.3 Å². The molecule has 0 aromatic heterocycles. The van der Waals surface area contributed by atoms with Gasteiger partial charge in [-0.2, -0.15) is 0 Å². The van der Waals surface area contributed by atoms with Crippen LogP contribution in [0.4, 0.5) is 0 Å². The van der Waals surface area contributed by atoms with Crippen molar-refractivity contribution in [2.45, 2.75) is 51.6 Å². The number of amides is 1. The molecule has 3 heteroatoms. The highest BCUT2D eigenvalue weighted by molar-refractivity contribution is 5.83. The van der Waals surface area contributed by atoms with E-state index in [-0.39, 0.29) is 23.9 Å². The van der Waals surface area contributed by atoms with E-state index in [0.29, 0.717) is 0 Å². The number of carbonyl (C=O) groups excluding carboxylic acids is 1. The standard InChI is InChI=1S/C15H24N2O/c1-4-14(13-8-6-5-7-9-13)15(18)17-12(3)10-11(2)16/h5-9,11-12,14H,4,10,16H2,1-3H3,(H,17,18). The number of carbonyl (C=O) groups is 1. The lowest BCUT2D eigenvalue weighted by molar-refractivity contribution is -0.123. The van der Waals surface area contributed by atoms with Crippen LogP contribution < -0.4 is 11.1 Å². The van der Waals surface area contributed by atoms with E-state index in [2.05, 4.69) is 5.32 Å². The molecule has 0 saturated carbocycles. The lowest BCUT2D eigenvalue weighted by Gasteiger charge is -2.20. The minimum atomic E-state index is -0.0678. The zero-order valence-electron chi connectivity index (χ0n) is 11.5. The molecule has 3 unspecified atom stereocenters. The van der Waals surface area contributed by atoms with Gasteiger partial charge in [-0.3, -0.25) is 4.79 Å². The summed E-state index contributed by atoms with van der Waals surface area (Å²) in [6.07, 6.45) is 1.61. The normalized spacial score (nSPS) is 15.8. The number of nitrogens with one attached hydrogen (secondary N) is 1. The first-order chi connectivity index (χ1) is 8.54. The number of hydrogen-bond acceptors (Lipinski definition) is 2. The van der Waals surface area contributed by atoms with E-state index < -0.39 is 0 Å². The molecule has 3 N–H and O–H groups in total. The second kappa shape index (κ2) is 7.17. The number of benzene rings is 1. The Morgan fingerprint density at radius 3 is 2.39 bits per heavy atom. The van der Waals surface area contributed by atoms with Crippen LogP contribution in [-0.4, -0.2) is 18.0 Å². The molecule has 0 aliphatic rings. The molecule has 0 spiro atoms.